The third-order valence-electron chi connectivity index (χ3n) is 11.1. The second-order valence-electron chi connectivity index (χ2n) is 14.0. The SMILES string of the molecule is N#Cc1ccc2c(c1)c1ccccc1n2-c1cccc(-c2cccc(-n3c4ccccc4c4c(-n5c6ccccc6c6ccccc65)cccc43)c2C#N)c1. The molecule has 0 radical (unpaired) electrons. The Labute approximate surface area is 316 Å². The van der Waals surface area contributed by atoms with Crippen molar-refractivity contribution in [3.05, 3.63) is 187 Å². The third kappa shape index (κ3) is 4.39. The Morgan fingerprint density at radius 3 is 1.58 bits per heavy atom. The number of nitriles is 2. The van der Waals surface area contributed by atoms with Crippen molar-refractivity contribution in [2.75, 3.05) is 0 Å². The molecule has 3 heterocycles. The highest BCUT2D eigenvalue weighted by Crippen LogP contribution is 2.42. The molecule has 0 saturated heterocycles. The molecule has 0 fully saturated rings. The molecule has 0 N–H and O–H groups in total. The summed E-state index contributed by atoms with van der Waals surface area (Å²) < 4.78 is 6.88. The summed E-state index contributed by atoms with van der Waals surface area (Å²) in [6, 6.07) is 65.9. The van der Waals surface area contributed by atoms with Gasteiger partial charge in [-0.1, -0.05) is 103 Å². The van der Waals surface area contributed by atoms with Crippen molar-refractivity contribution < 1.29 is 0 Å². The van der Waals surface area contributed by atoms with Crippen LogP contribution in [0.1, 0.15) is 11.1 Å². The van der Waals surface area contributed by atoms with Gasteiger partial charge in [-0.15, -0.1) is 0 Å². The van der Waals surface area contributed by atoms with Crippen LogP contribution in [0.2, 0.25) is 0 Å². The molecule has 0 amide bonds. The maximum Gasteiger partial charge on any atom is 0.102 e. The van der Waals surface area contributed by atoms with Crippen molar-refractivity contribution in [1.82, 2.24) is 13.7 Å². The molecule has 0 unspecified atom stereocenters. The molecule has 254 valence electrons. The van der Waals surface area contributed by atoms with Gasteiger partial charge in [0.25, 0.3) is 0 Å². The summed E-state index contributed by atoms with van der Waals surface area (Å²) in [7, 11) is 0. The molecule has 11 rings (SSSR count). The molecule has 0 saturated carbocycles. The summed E-state index contributed by atoms with van der Waals surface area (Å²) in [4.78, 5) is 0. The topological polar surface area (TPSA) is 62.4 Å². The minimum Gasteiger partial charge on any atom is -0.309 e. The standard InChI is InChI=1S/C50H29N5/c51-30-32-26-27-47-40(28-32)38-16-3-5-19-42(38)53(47)34-13-9-12-33(29-34)35-18-10-23-46(41(35)31-52)55-45-22-8-4-17-39(45)50-48(24-11-25-49(50)55)54-43-20-6-1-14-36(43)37-15-2-7-21-44(37)54/h1-29H. The van der Waals surface area contributed by atoms with E-state index < -0.39 is 0 Å². The third-order valence-corrected chi connectivity index (χ3v) is 11.1. The van der Waals surface area contributed by atoms with Gasteiger partial charge in [-0.3, -0.25) is 0 Å². The van der Waals surface area contributed by atoms with Crippen molar-refractivity contribution >= 4 is 65.4 Å². The van der Waals surface area contributed by atoms with E-state index in [-0.39, 0.29) is 0 Å². The number of nitrogens with zero attached hydrogens (tertiary/aromatic N) is 5. The fourth-order valence-corrected chi connectivity index (χ4v) is 8.85. The lowest BCUT2D eigenvalue weighted by Crippen LogP contribution is -2.00. The van der Waals surface area contributed by atoms with Gasteiger partial charge in [0.15, 0.2) is 0 Å². The van der Waals surface area contributed by atoms with E-state index >= 15 is 0 Å². The lowest BCUT2D eigenvalue weighted by Gasteiger charge is -2.15. The molecule has 0 aliphatic carbocycles. The average molecular weight is 700 g/mol. The number of fused-ring (bicyclic) bond motifs is 9. The second kappa shape index (κ2) is 11.8. The van der Waals surface area contributed by atoms with E-state index in [1.807, 2.05) is 36.4 Å². The summed E-state index contributed by atoms with van der Waals surface area (Å²) in [5.74, 6) is 0. The molecule has 5 nitrogen and oxygen atoms in total. The van der Waals surface area contributed by atoms with Gasteiger partial charge in [0.05, 0.1) is 61.7 Å². The zero-order valence-corrected chi connectivity index (χ0v) is 29.5. The Balaban J connectivity index is 1.14. The number of hydrogen-bond donors (Lipinski definition) is 0. The monoisotopic (exact) mass is 699 g/mol. The fourth-order valence-electron chi connectivity index (χ4n) is 8.85. The van der Waals surface area contributed by atoms with Crippen LogP contribution in [0.4, 0.5) is 0 Å². The molecule has 0 spiro atoms. The minimum absolute atomic E-state index is 0.602. The maximum absolute atomic E-state index is 11.0. The number of aromatic nitrogens is 3. The van der Waals surface area contributed by atoms with Crippen LogP contribution in [0.15, 0.2) is 176 Å². The summed E-state index contributed by atoms with van der Waals surface area (Å²) >= 11 is 0. The normalized spacial score (nSPS) is 11.6. The van der Waals surface area contributed by atoms with E-state index in [1.54, 1.807) is 0 Å². The molecule has 5 heteroatoms. The summed E-state index contributed by atoms with van der Waals surface area (Å²) in [5, 5.41) is 27.5. The van der Waals surface area contributed by atoms with Gasteiger partial charge in [0.2, 0.25) is 0 Å². The van der Waals surface area contributed by atoms with Crippen LogP contribution in [0.5, 0.6) is 0 Å². The summed E-state index contributed by atoms with van der Waals surface area (Å²) in [6.45, 7) is 0. The van der Waals surface area contributed by atoms with Gasteiger partial charge >= 0.3 is 0 Å². The van der Waals surface area contributed by atoms with Gasteiger partial charge < -0.3 is 13.7 Å². The fraction of sp³-hybridized carbons (Fsp3) is 0. The predicted octanol–water partition coefficient (Wildman–Crippen LogP) is 12.4. The summed E-state index contributed by atoms with van der Waals surface area (Å²) in [6.07, 6.45) is 0. The Morgan fingerprint density at radius 1 is 0.364 bits per heavy atom. The first-order valence-electron chi connectivity index (χ1n) is 18.3. The molecular weight excluding hydrogens is 671 g/mol. The minimum atomic E-state index is 0.602. The highest BCUT2D eigenvalue weighted by molar-refractivity contribution is 6.16. The van der Waals surface area contributed by atoms with E-state index in [9.17, 15) is 10.5 Å². The van der Waals surface area contributed by atoms with Crippen molar-refractivity contribution in [3.8, 4) is 40.3 Å². The van der Waals surface area contributed by atoms with E-state index in [0.29, 0.717) is 11.1 Å². The molecule has 3 aromatic heterocycles. The zero-order valence-electron chi connectivity index (χ0n) is 29.5. The van der Waals surface area contributed by atoms with Crippen molar-refractivity contribution in [2.24, 2.45) is 0 Å². The Bertz CT molecular complexity index is 3420. The number of benzene rings is 8. The quantitative estimate of drug-likeness (QED) is 0.184. The second-order valence-corrected chi connectivity index (χ2v) is 14.0. The summed E-state index contributed by atoms with van der Waals surface area (Å²) in [5.41, 5.74) is 12.4. The van der Waals surface area contributed by atoms with Gasteiger partial charge in [-0.05, 0) is 78.4 Å². The Morgan fingerprint density at radius 2 is 0.891 bits per heavy atom. The first-order chi connectivity index (χ1) is 27.2. The number of para-hydroxylation sites is 4. The van der Waals surface area contributed by atoms with Crippen LogP contribution in [0.3, 0.4) is 0 Å². The molecule has 0 aliphatic heterocycles. The van der Waals surface area contributed by atoms with Crippen LogP contribution in [0.25, 0.3) is 93.6 Å². The van der Waals surface area contributed by atoms with Crippen LogP contribution >= 0.6 is 0 Å². The average Bonchev–Trinajstić information content (AvgIpc) is 3.89. The molecule has 0 aliphatic rings. The van der Waals surface area contributed by atoms with Crippen LogP contribution < -0.4 is 0 Å². The predicted molar refractivity (Wildman–Crippen MR) is 224 cm³/mol. The van der Waals surface area contributed by atoms with E-state index in [0.717, 1.165) is 82.8 Å². The molecule has 8 aromatic carbocycles. The van der Waals surface area contributed by atoms with Gasteiger partial charge in [-0.25, -0.2) is 0 Å². The Hall–Kier alpha value is -7.86. The van der Waals surface area contributed by atoms with Crippen LogP contribution in [-0.4, -0.2) is 13.7 Å². The van der Waals surface area contributed by atoms with Crippen LogP contribution in [0, 0.1) is 22.7 Å². The van der Waals surface area contributed by atoms with Crippen molar-refractivity contribution in [1.29, 1.82) is 10.5 Å². The smallest absolute Gasteiger partial charge is 0.102 e. The molecule has 0 atom stereocenters. The Kier molecular flexibility index (Phi) is 6.61. The first kappa shape index (κ1) is 30.7. The molecule has 55 heavy (non-hydrogen) atoms. The lowest BCUT2D eigenvalue weighted by molar-refractivity contribution is 1.16. The van der Waals surface area contributed by atoms with Gasteiger partial charge in [-0.2, -0.15) is 10.5 Å². The van der Waals surface area contributed by atoms with E-state index in [4.69, 9.17) is 0 Å². The lowest BCUT2D eigenvalue weighted by atomic mass is 9.98. The van der Waals surface area contributed by atoms with E-state index in [1.165, 1.54) is 10.8 Å². The van der Waals surface area contributed by atoms with Gasteiger partial charge in [0, 0.05) is 43.6 Å². The highest BCUT2D eigenvalue weighted by atomic mass is 15.0. The maximum atomic E-state index is 11.0. The number of rotatable bonds is 4. The van der Waals surface area contributed by atoms with Gasteiger partial charge in [0.1, 0.15) is 6.07 Å². The first-order valence-corrected chi connectivity index (χ1v) is 18.3. The highest BCUT2D eigenvalue weighted by Gasteiger charge is 2.22. The number of hydrogen-bond acceptors (Lipinski definition) is 2. The molecule has 11 aromatic rings. The van der Waals surface area contributed by atoms with Crippen molar-refractivity contribution in [2.45, 2.75) is 0 Å². The molecule has 0 bridgehead atoms. The largest absolute Gasteiger partial charge is 0.309 e. The zero-order chi connectivity index (χ0) is 36.6. The van der Waals surface area contributed by atoms with Crippen LogP contribution in [-0.2, 0) is 0 Å². The molecular formula is C50H29N5. The van der Waals surface area contributed by atoms with Crippen molar-refractivity contribution in [3.63, 3.8) is 0 Å². The van der Waals surface area contributed by atoms with E-state index in [2.05, 4.69) is 165 Å².